The number of pyridine rings is 2. The van der Waals surface area contributed by atoms with Gasteiger partial charge >= 0.3 is 0 Å². The second-order valence-electron chi connectivity index (χ2n) is 22.0. The second kappa shape index (κ2) is 20.6. The SMILES string of the molecule is C[Si](C)(C)c1ccc(-c2[c-]ccc3c2oc2cc(-c4ccccc4)ccc23)nc1.[2H]C([2H])([2H])c1cnc(-c2[c-]ccc(-c3ccc([Si](C)(C)C)cc3)c2)cc1-c1c(C(C)C)cc([Si](C)(C)C)cc1C(C)C.[Ir]. The minimum atomic E-state index is -2.29. The number of aromatic nitrogens is 2. The van der Waals surface area contributed by atoms with E-state index in [0.717, 1.165) is 72.3 Å². The molecule has 0 aliphatic carbocycles. The molecule has 3 heterocycles. The van der Waals surface area contributed by atoms with E-state index >= 15 is 0 Å². The molecule has 0 aliphatic rings. The van der Waals surface area contributed by atoms with Crippen LogP contribution in [0.25, 0.3) is 77.8 Å². The summed E-state index contributed by atoms with van der Waals surface area (Å²) in [6.07, 6.45) is 3.59. The van der Waals surface area contributed by atoms with E-state index in [1.54, 1.807) is 6.20 Å². The summed E-state index contributed by atoms with van der Waals surface area (Å²) in [7, 11) is -4.36. The average Bonchev–Trinajstić information content (AvgIpc) is 3.71. The monoisotopic (exact) mass is 1140 g/mol. The molecule has 0 saturated carbocycles. The van der Waals surface area contributed by atoms with E-state index in [1.807, 2.05) is 30.5 Å². The third kappa shape index (κ3) is 11.4. The van der Waals surface area contributed by atoms with Gasteiger partial charge in [-0.2, -0.15) is 0 Å². The molecule has 0 bridgehead atoms. The van der Waals surface area contributed by atoms with Gasteiger partial charge in [-0.25, -0.2) is 0 Å². The van der Waals surface area contributed by atoms with E-state index in [0.29, 0.717) is 5.56 Å². The standard InChI is InChI=1S/C36H46NSi2.C26H22NOSi.Ir/c1-24(2)32-20-31(39(9,10)11)21-33(25(3)4)36(32)34-22-35(37-23-26(34)5)29-14-12-13-28(19-29)27-15-17-30(18-16-27)38(6,7)8;1-29(2,3)20-13-15-24(27-17-20)23-11-7-10-22-21-14-12-19(16-25(21)28-26(22)23)18-8-5-4-6-9-18;/h12-13,15-25H,1-11H3;4-10,12-17H,1-3H3;/q2*-1;/i5D3;;. The van der Waals surface area contributed by atoms with Crippen molar-refractivity contribution in [2.24, 2.45) is 0 Å². The zero-order chi connectivity index (χ0) is 51.2. The average molecular weight is 1140 g/mol. The zero-order valence-corrected chi connectivity index (χ0v) is 48.0. The van der Waals surface area contributed by atoms with Gasteiger partial charge in [-0.3, -0.25) is 0 Å². The molecule has 69 heavy (non-hydrogen) atoms. The Bertz CT molecular complexity index is 3320. The first-order valence-corrected chi connectivity index (χ1v) is 34.6. The summed E-state index contributed by atoms with van der Waals surface area (Å²) in [5, 5.41) is 6.41. The molecule has 3 nitrogen and oxygen atoms in total. The molecule has 0 fully saturated rings. The van der Waals surface area contributed by atoms with Crippen molar-refractivity contribution < 1.29 is 28.6 Å². The molecule has 355 valence electrons. The van der Waals surface area contributed by atoms with E-state index in [1.165, 1.54) is 32.3 Å². The van der Waals surface area contributed by atoms with Gasteiger partial charge in [-0.1, -0.05) is 205 Å². The summed E-state index contributed by atoms with van der Waals surface area (Å²) in [4.78, 5) is 9.45. The van der Waals surface area contributed by atoms with Crippen LogP contribution in [-0.4, -0.2) is 34.2 Å². The number of fused-ring (bicyclic) bond motifs is 3. The van der Waals surface area contributed by atoms with Crippen LogP contribution in [0.2, 0.25) is 58.9 Å². The van der Waals surface area contributed by atoms with Crippen LogP contribution in [0.4, 0.5) is 0 Å². The molecule has 1 radical (unpaired) electrons. The maximum absolute atomic E-state index is 8.44. The van der Waals surface area contributed by atoms with E-state index in [-0.39, 0.29) is 31.9 Å². The summed E-state index contributed by atoms with van der Waals surface area (Å²) in [5.74, 6) is 0.479. The number of aryl methyl sites for hydroxylation is 1. The fourth-order valence-electron chi connectivity index (χ4n) is 8.84. The number of hydrogen-bond acceptors (Lipinski definition) is 3. The van der Waals surface area contributed by atoms with E-state index < -0.39 is 31.1 Å². The van der Waals surface area contributed by atoms with Gasteiger partial charge in [0.25, 0.3) is 0 Å². The Balaban J connectivity index is 0.000000221. The Morgan fingerprint density at radius 2 is 1.10 bits per heavy atom. The minimum Gasteiger partial charge on any atom is -0.501 e. The number of furan rings is 1. The van der Waals surface area contributed by atoms with E-state index in [2.05, 4.69) is 208 Å². The Morgan fingerprint density at radius 1 is 0.522 bits per heavy atom. The quantitative estimate of drug-likeness (QED) is 0.101. The molecule has 0 saturated heterocycles. The van der Waals surface area contributed by atoms with Crippen molar-refractivity contribution in [1.29, 1.82) is 0 Å². The van der Waals surface area contributed by atoms with Crippen molar-refractivity contribution in [1.82, 2.24) is 9.97 Å². The third-order valence-corrected chi connectivity index (χ3v) is 19.2. The topological polar surface area (TPSA) is 38.9 Å². The van der Waals surface area contributed by atoms with Crippen LogP contribution < -0.4 is 15.6 Å². The summed E-state index contributed by atoms with van der Waals surface area (Å²) >= 11 is 0. The van der Waals surface area contributed by atoms with Gasteiger partial charge in [0, 0.05) is 42.0 Å². The first kappa shape index (κ1) is 47.4. The first-order chi connectivity index (χ1) is 33.4. The van der Waals surface area contributed by atoms with Gasteiger partial charge in [-0.05, 0) is 85.8 Å². The van der Waals surface area contributed by atoms with Crippen LogP contribution in [0.3, 0.4) is 0 Å². The van der Waals surface area contributed by atoms with Gasteiger partial charge in [0.2, 0.25) is 0 Å². The summed E-state index contributed by atoms with van der Waals surface area (Å²) in [6, 6.07) is 53.6. The van der Waals surface area contributed by atoms with Crippen LogP contribution in [0.15, 0.2) is 150 Å². The molecule has 3 aromatic heterocycles. The zero-order valence-electron chi connectivity index (χ0n) is 45.6. The van der Waals surface area contributed by atoms with Crippen LogP contribution in [0.1, 0.15) is 60.3 Å². The molecular formula is C62H68IrN2OSi3-2. The van der Waals surface area contributed by atoms with Gasteiger partial charge in [-0.15, -0.1) is 53.6 Å². The van der Waals surface area contributed by atoms with E-state index in [9.17, 15) is 0 Å². The van der Waals surface area contributed by atoms with Crippen LogP contribution in [0.5, 0.6) is 0 Å². The second-order valence-corrected chi connectivity index (χ2v) is 37.2. The van der Waals surface area contributed by atoms with Crippen LogP contribution in [-0.2, 0) is 20.1 Å². The van der Waals surface area contributed by atoms with Crippen LogP contribution in [0, 0.1) is 19.0 Å². The molecule has 0 spiro atoms. The maximum Gasteiger partial charge on any atom is 0.121 e. The van der Waals surface area contributed by atoms with Gasteiger partial charge in [0.15, 0.2) is 0 Å². The normalized spacial score (nSPS) is 12.9. The summed E-state index contributed by atoms with van der Waals surface area (Å²) in [6.45, 7) is 27.7. The molecular weight excluding hydrogens is 1070 g/mol. The summed E-state index contributed by atoms with van der Waals surface area (Å²) < 4.78 is 31.6. The Hall–Kier alpha value is -5.28. The molecule has 0 N–H and O–H groups in total. The predicted molar refractivity (Wildman–Crippen MR) is 302 cm³/mol. The molecule has 9 rings (SSSR count). The Kier molecular flexibility index (Phi) is 14.1. The predicted octanol–water partition coefficient (Wildman–Crippen LogP) is 16.2. The molecule has 0 amide bonds. The first-order valence-electron chi connectivity index (χ1n) is 25.6. The molecule has 0 aliphatic heterocycles. The number of hydrogen-bond donors (Lipinski definition) is 0. The van der Waals surface area contributed by atoms with Gasteiger partial charge in [0.05, 0.1) is 29.8 Å². The van der Waals surface area contributed by atoms with Crippen LogP contribution >= 0.6 is 0 Å². The van der Waals surface area contributed by atoms with E-state index in [4.69, 9.17) is 18.5 Å². The van der Waals surface area contributed by atoms with Gasteiger partial charge in [0.1, 0.15) is 5.58 Å². The van der Waals surface area contributed by atoms with Crippen molar-refractivity contribution >= 4 is 61.7 Å². The largest absolute Gasteiger partial charge is 0.501 e. The van der Waals surface area contributed by atoms with Crippen molar-refractivity contribution in [3.63, 3.8) is 0 Å². The van der Waals surface area contributed by atoms with Crippen molar-refractivity contribution in [2.75, 3.05) is 0 Å². The molecule has 9 aromatic rings. The molecule has 0 unspecified atom stereocenters. The molecule has 7 heteroatoms. The number of benzene rings is 6. The van der Waals surface area contributed by atoms with Gasteiger partial charge < -0.3 is 14.4 Å². The smallest absolute Gasteiger partial charge is 0.121 e. The van der Waals surface area contributed by atoms with Crippen molar-refractivity contribution in [3.05, 3.63) is 175 Å². The fraction of sp³-hybridized carbons (Fsp3) is 0.258. The van der Waals surface area contributed by atoms with Crippen molar-refractivity contribution in [2.45, 2.75) is 105 Å². The van der Waals surface area contributed by atoms with Crippen molar-refractivity contribution in [3.8, 4) is 55.9 Å². The Morgan fingerprint density at radius 3 is 1.70 bits per heavy atom. The summed E-state index contributed by atoms with van der Waals surface area (Å²) in [5.41, 5.74) is 14.3. The minimum absolute atomic E-state index is 0. The maximum atomic E-state index is 8.44. The number of nitrogens with zero attached hydrogens (tertiary/aromatic N) is 2. The molecule has 6 aromatic carbocycles. The third-order valence-electron chi connectivity index (χ3n) is 13.1. The molecule has 0 atom stereocenters. The fourth-order valence-corrected chi connectivity index (χ4v) is 12.2. The Labute approximate surface area is 433 Å². The number of rotatable bonds is 10.